The Morgan fingerprint density at radius 3 is 2.50 bits per heavy atom. The molecule has 0 bridgehead atoms. The predicted octanol–water partition coefficient (Wildman–Crippen LogP) is 4.46. The number of ether oxygens (including phenoxy) is 1. The minimum Gasteiger partial charge on any atom is -0.457 e. The van der Waals surface area contributed by atoms with Crippen LogP contribution in [-0.2, 0) is 40.8 Å². The van der Waals surface area contributed by atoms with Gasteiger partial charge in [-0.05, 0) is 59.9 Å². The second kappa shape index (κ2) is 9.72. The van der Waals surface area contributed by atoms with Crippen LogP contribution >= 0.6 is 0 Å². The molecular formula is C28H25NO6S. The molecule has 0 aliphatic carbocycles. The van der Waals surface area contributed by atoms with Gasteiger partial charge in [0.1, 0.15) is 12.2 Å². The topological polar surface area (TPSA) is 93.9 Å². The van der Waals surface area contributed by atoms with Crippen LogP contribution in [0.4, 0.5) is 0 Å². The Balaban J connectivity index is 1.30. The highest BCUT2D eigenvalue weighted by Gasteiger charge is 2.28. The van der Waals surface area contributed by atoms with Crippen molar-refractivity contribution in [1.29, 1.82) is 0 Å². The lowest BCUT2D eigenvalue weighted by Gasteiger charge is -2.28. The summed E-state index contributed by atoms with van der Waals surface area (Å²) in [6, 6.07) is 20.5. The number of aryl methyl sites for hydroxylation is 1. The van der Waals surface area contributed by atoms with Crippen LogP contribution in [0.5, 0.6) is 0 Å². The largest absolute Gasteiger partial charge is 0.457 e. The quantitative estimate of drug-likeness (QED) is 0.285. The molecule has 4 aromatic rings. The average Bonchev–Trinajstić information content (AvgIpc) is 2.90. The van der Waals surface area contributed by atoms with Crippen molar-refractivity contribution in [2.75, 3.05) is 6.54 Å². The van der Waals surface area contributed by atoms with E-state index in [2.05, 4.69) is 0 Å². The molecule has 7 nitrogen and oxygen atoms in total. The second-order valence-corrected chi connectivity index (χ2v) is 10.7. The van der Waals surface area contributed by atoms with E-state index in [0.29, 0.717) is 36.0 Å². The molecule has 0 saturated heterocycles. The number of esters is 1. The molecule has 36 heavy (non-hydrogen) atoms. The van der Waals surface area contributed by atoms with Crippen molar-refractivity contribution in [1.82, 2.24) is 4.31 Å². The predicted molar refractivity (Wildman–Crippen MR) is 135 cm³/mol. The van der Waals surface area contributed by atoms with Gasteiger partial charge in [0, 0.05) is 30.1 Å². The summed E-state index contributed by atoms with van der Waals surface area (Å²) in [7, 11) is -3.70. The number of rotatable bonds is 6. The summed E-state index contributed by atoms with van der Waals surface area (Å²) in [5.74, 6) is -0.614. The Bertz CT molecular complexity index is 1610. The normalized spacial score (nSPS) is 13.9. The zero-order valence-corrected chi connectivity index (χ0v) is 20.6. The third kappa shape index (κ3) is 4.69. The van der Waals surface area contributed by atoms with Crippen LogP contribution in [0.3, 0.4) is 0 Å². The van der Waals surface area contributed by atoms with Crippen LogP contribution < -0.4 is 5.63 Å². The lowest BCUT2D eigenvalue weighted by atomic mass is 10.0. The SMILES string of the molecule is CCc1ccc2c(COC(=O)c3ccc(S(=O)(=O)N4CCc5ccccc5C4)cc3)cc(=O)oc2c1. The lowest BCUT2D eigenvalue weighted by Crippen LogP contribution is -2.35. The van der Waals surface area contributed by atoms with E-state index in [1.165, 1.54) is 34.6 Å². The highest BCUT2D eigenvalue weighted by molar-refractivity contribution is 7.89. The zero-order chi connectivity index (χ0) is 25.3. The number of fused-ring (bicyclic) bond motifs is 2. The molecule has 0 unspecified atom stereocenters. The monoisotopic (exact) mass is 503 g/mol. The van der Waals surface area contributed by atoms with Gasteiger partial charge in [-0.25, -0.2) is 18.0 Å². The Labute approximate surface area is 209 Å². The molecule has 0 fully saturated rings. The first-order valence-electron chi connectivity index (χ1n) is 11.7. The summed E-state index contributed by atoms with van der Waals surface area (Å²) in [5, 5.41) is 0.698. The van der Waals surface area contributed by atoms with Gasteiger partial charge in [0.05, 0.1) is 10.5 Å². The van der Waals surface area contributed by atoms with E-state index in [1.54, 1.807) is 0 Å². The van der Waals surface area contributed by atoms with Crippen LogP contribution in [0.2, 0.25) is 0 Å². The lowest BCUT2D eigenvalue weighted by molar-refractivity contribution is 0.0473. The number of nitrogens with zero attached hydrogens (tertiary/aromatic N) is 1. The van der Waals surface area contributed by atoms with E-state index in [9.17, 15) is 18.0 Å². The maximum atomic E-state index is 13.2. The van der Waals surface area contributed by atoms with Gasteiger partial charge in [-0.15, -0.1) is 0 Å². The number of carbonyl (C=O) groups excluding carboxylic acids is 1. The molecular weight excluding hydrogens is 478 g/mol. The highest BCUT2D eigenvalue weighted by Crippen LogP contribution is 2.25. The minimum atomic E-state index is -3.70. The molecule has 1 aliphatic heterocycles. The molecule has 0 spiro atoms. The summed E-state index contributed by atoms with van der Waals surface area (Å²) < 4.78 is 38.5. The molecule has 1 aromatic heterocycles. The van der Waals surface area contributed by atoms with Gasteiger partial charge in [0.25, 0.3) is 0 Å². The van der Waals surface area contributed by atoms with Crippen LogP contribution in [-0.4, -0.2) is 25.2 Å². The minimum absolute atomic E-state index is 0.111. The van der Waals surface area contributed by atoms with Gasteiger partial charge in [0.2, 0.25) is 10.0 Å². The van der Waals surface area contributed by atoms with Crippen molar-refractivity contribution in [2.24, 2.45) is 0 Å². The zero-order valence-electron chi connectivity index (χ0n) is 19.8. The number of carbonyl (C=O) groups is 1. The summed E-state index contributed by atoms with van der Waals surface area (Å²) in [6.07, 6.45) is 1.46. The second-order valence-electron chi connectivity index (χ2n) is 8.73. The van der Waals surface area contributed by atoms with Gasteiger partial charge in [-0.2, -0.15) is 4.31 Å². The fourth-order valence-electron chi connectivity index (χ4n) is 4.43. The van der Waals surface area contributed by atoms with Crippen molar-refractivity contribution < 1.29 is 22.4 Å². The summed E-state index contributed by atoms with van der Waals surface area (Å²) >= 11 is 0. The summed E-state index contributed by atoms with van der Waals surface area (Å²) in [4.78, 5) is 24.8. The molecule has 0 atom stereocenters. The maximum absolute atomic E-state index is 13.2. The number of sulfonamides is 1. The summed E-state index contributed by atoms with van der Waals surface area (Å²) in [5.41, 5.74) is 3.89. The van der Waals surface area contributed by atoms with Crippen molar-refractivity contribution in [3.05, 3.63) is 111 Å². The third-order valence-corrected chi connectivity index (χ3v) is 8.34. The first kappa shape index (κ1) is 24.0. The summed E-state index contributed by atoms with van der Waals surface area (Å²) in [6.45, 7) is 2.62. The third-order valence-electron chi connectivity index (χ3n) is 6.49. The van der Waals surface area contributed by atoms with Gasteiger partial charge in [-0.1, -0.05) is 43.3 Å². The first-order chi connectivity index (χ1) is 17.3. The van der Waals surface area contributed by atoms with Crippen molar-refractivity contribution in [3.63, 3.8) is 0 Å². The van der Waals surface area contributed by atoms with Crippen LogP contribution in [0.25, 0.3) is 11.0 Å². The maximum Gasteiger partial charge on any atom is 0.338 e. The Morgan fingerprint density at radius 1 is 1.00 bits per heavy atom. The van der Waals surface area contributed by atoms with Crippen molar-refractivity contribution in [3.8, 4) is 0 Å². The molecule has 1 aliphatic rings. The molecule has 8 heteroatoms. The Hall–Kier alpha value is -3.75. The van der Waals surface area contributed by atoms with Crippen LogP contribution in [0.15, 0.2) is 86.9 Å². The molecule has 184 valence electrons. The van der Waals surface area contributed by atoms with Gasteiger partial charge >= 0.3 is 11.6 Å². The molecule has 3 aromatic carbocycles. The van der Waals surface area contributed by atoms with Gasteiger partial charge in [0.15, 0.2) is 0 Å². The average molecular weight is 504 g/mol. The number of hydrogen-bond donors (Lipinski definition) is 0. The fraction of sp³-hybridized carbons (Fsp3) is 0.214. The Kier molecular flexibility index (Phi) is 6.47. The van der Waals surface area contributed by atoms with Gasteiger partial charge < -0.3 is 9.15 Å². The molecule has 0 saturated carbocycles. The Morgan fingerprint density at radius 2 is 1.75 bits per heavy atom. The standard InChI is InChI=1S/C28H25NO6S/c1-2-19-7-12-25-23(16-27(30)35-26(25)15-19)18-34-28(31)21-8-10-24(11-9-21)36(32,33)29-14-13-20-5-3-4-6-22(20)17-29/h3-12,15-16H,2,13-14,17-18H2,1H3. The van der Waals surface area contributed by atoms with E-state index >= 15 is 0 Å². The number of hydrogen-bond acceptors (Lipinski definition) is 6. The molecule has 0 radical (unpaired) electrons. The van der Waals surface area contributed by atoms with E-state index in [-0.39, 0.29) is 17.1 Å². The van der Waals surface area contributed by atoms with Crippen molar-refractivity contribution >= 4 is 27.0 Å². The number of benzene rings is 3. The van der Waals surface area contributed by atoms with E-state index in [0.717, 1.165) is 23.1 Å². The van der Waals surface area contributed by atoms with E-state index < -0.39 is 21.6 Å². The first-order valence-corrected chi connectivity index (χ1v) is 13.2. The van der Waals surface area contributed by atoms with Crippen LogP contribution in [0.1, 0.15) is 39.5 Å². The smallest absolute Gasteiger partial charge is 0.338 e. The van der Waals surface area contributed by atoms with Gasteiger partial charge in [-0.3, -0.25) is 0 Å². The molecule has 0 N–H and O–H groups in total. The van der Waals surface area contributed by atoms with Crippen molar-refractivity contribution in [2.45, 2.75) is 37.8 Å². The molecule has 2 heterocycles. The van der Waals surface area contributed by atoms with E-state index in [1.807, 2.05) is 49.4 Å². The molecule has 0 amide bonds. The molecule has 5 rings (SSSR count). The van der Waals surface area contributed by atoms with Crippen LogP contribution in [0, 0.1) is 0 Å². The highest BCUT2D eigenvalue weighted by atomic mass is 32.2. The van der Waals surface area contributed by atoms with E-state index in [4.69, 9.17) is 9.15 Å². The fourth-order valence-corrected chi connectivity index (χ4v) is 5.85.